The number of rotatable bonds is 8. The van der Waals surface area contributed by atoms with E-state index in [1.807, 2.05) is 54.6 Å². The Bertz CT molecular complexity index is 1120. The van der Waals surface area contributed by atoms with Crippen LogP contribution in [0.1, 0.15) is 56.2 Å². The van der Waals surface area contributed by atoms with Crippen molar-refractivity contribution >= 4 is 17.5 Å². The van der Waals surface area contributed by atoms with Crippen LogP contribution in [0.5, 0.6) is 0 Å². The molecular weight excluding hydrogens is 468 g/mol. The van der Waals surface area contributed by atoms with Crippen molar-refractivity contribution in [1.82, 2.24) is 10.2 Å². The number of aliphatic hydroxyl groups is 2. The van der Waals surface area contributed by atoms with Crippen LogP contribution in [0.3, 0.4) is 0 Å². The molecule has 8 nitrogen and oxygen atoms in total. The zero-order chi connectivity index (χ0) is 26.4. The van der Waals surface area contributed by atoms with E-state index < -0.39 is 24.0 Å². The summed E-state index contributed by atoms with van der Waals surface area (Å²) in [4.78, 5) is 29.3. The number of piperidine rings is 1. The maximum Gasteiger partial charge on any atom is 0.255 e. The van der Waals surface area contributed by atoms with Gasteiger partial charge in [0.25, 0.3) is 11.8 Å². The smallest absolute Gasteiger partial charge is 0.255 e. The lowest BCUT2D eigenvalue weighted by molar-refractivity contribution is -0.153. The second kappa shape index (κ2) is 11.8. The fraction of sp³-hybridized carbons (Fsp3) is 0.483. The Hall–Kier alpha value is -3.41. The van der Waals surface area contributed by atoms with Crippen molar-refractivity contribution in [3.05, 3.63) is 65.7 Å². The van der Waals surface area contributed by atoms with E-state index in [0.717, 1.165) is 50.0 Å². The Labute approximate surface area is 218 Å². The molecule has 2 heterocycles. The molecular formula is C29H36N4O4. The minimum atomic E-state index is -1.82. The molecule has 2 aromatic rings. The number of likely N-dealkylation sites (tertiary alicyclic amines) is 1. The average Bonchev–Trinajstić information content (AvgIpc) is 3.42. The molecule has 2 aliphatic heterocycles. The lowest BCUT2D eigenvalue weighted by atomic mass is 9.77. The first-order chi connectivity index (χ1) is 17.8. The number of nitriles is 1. The first-order valence-electron chi connectivity index (χ1n) is 13.1. The Morgan fingerprint density at radius 3 is 2.43 bits per heavy atom. The van der Waals surface area contributed by atoms with Crippen LogP contribution in [0.4, 0.5) is 5.69 Å². The highest BCUT2D eigenvalue weighted by Crippen LogP contribution is 2.36. The van der Waals surface area contributed by atoms with Crippen LogP contribution in [0, 0.1) is 16.7 Å². The highest BCUT2D eigenvalue weighted by Gasteiger charge is 2.38. The lowest BCUT2D eigenvalue weighted by Gasteiger charge is -2.41. The van der Waals surface area contributed by atoms with Gasteiger partial charge in [0.1, 0.15) is 6.07 Å². The normalized spacial score (nSPS) is 20.6. The summed E-state index contributed by atoms with van der Waals surface area (Å²) in [6, 6.07) is 19.3. The van der Waals surface area contributed by atoms with Crippen molar-refractivity contribution in [2.75, 3.05) is 31.1 Å². The SMILES string of the molecule is CC1(CCNC(=O)[C@H](O)[C@@H](O)C(=O)N2CCCC2c2ccccc2)CCN(c2ccccc2C#N)CC1. The lowest BCUT2D eigenvalue weighted by Crippen LogP contribution is -2.51. The predicted octanol–water partition coefficient (Wildman–Crippen LogP) is 2.76. The van der Waals surface area contributed by atoms with Crippen molar-refractivity contribution in [3.63, 3.8) is 0 Å². The summed E-state index contributed by atoms with van der Waals surface area (Å²) in [6.45, 7) is 4.64. The first-order valence-corrected chi connectivity index (χ1v) is 13.1. The highest BCUT2D eigenvalue weighted by molar-refractivity contribution is 5.91. The van der Waals surface area contributed by atoms with Gasteiger partial charge in [-0.25, -0.2) is 0 Å². The molecule has 1 unspecified atom stereocenters. The monoisotopic (exact) mass is 504 g/mol. The molecule has 0 aromatic heterocycles. The third-order valence-corrected chi connectivity index (χ3v) is 7.90. The van der Waals surface area contributed by atoms with E-state index in [4.69, 9.17) is 0 Å². The molecule has 0 radical (unpaired) electrons. The fourth-order valence-electron chi connectivity index (χ4n) is 5.47. The molecule has 0 spiro atoms. The Morgan fingerprint density at radius 1 is 1.05 bits per heavy atom. The number of nitrogens with one attached hydrogen (secondary N) is 1. The number of carbonyl (C=O) groups excluding carboxylic acids is 2. The second-order valence-electron chi connectivity index (χ2n) is 10.5. The summed E-state index contributed by atoms with van der Waals surface area (Å²) >= 11 is 0. The van der Waals surface area contributed by atoms with Crippen molar-refractivity contribution in [3.8, 4) is 6.07 Å². The number of para-hydroxylation sites is 1. The molecule has 37 heavy (non-hydrogen) atoms. The zero-order valence-corrected chi connectivity index (χ0v) is 21.3. The molecule has 2 aliphatic rings. The van der Waals surface area contributed by atoms with Crippen LogP contribution in [0.25, 0.3) is 0 Å². The van der Waals surface area contributed by atoms with Gasteiger partial charge >= 0.3 is 0 Å². The Kier molecular flexibility index (Phi) is 8.47. The Morgan fingerprint density at radius 2 is 1.73 bits per heavy atom. The van der Waals surface area contributed by atoms with Crippen LogP contribution in [0.15, 0.2) is 54.6 Å². The van der Waals surface area contributed by atoms with Crippen LogP contribution in [0.2, 0.25) is 0 Å². The van der Waals surface area contributed by atoms with E-state index in [9.17, 15) is 25.1 Å². The maximum atomic E-state index is 13.0. The summed E-state index contributed by atoms with van der Waals surface area (Å²) in [6.07, 6.45) is 0.488. The molecule has 8 heteroatoms. The van der Waals surface area contributed by atoms with Crippen molar-refractivity contribution in [2.45, 2.75) is 57.3 Å². The molecule has 3 atom stereocenters. The van der Waals surface area contributed by atoms with Gasteiger partial charge in [-0.15, -0.1) is 0 Å². The number of amides is 2. The summed E-state index contributed by atoms with van der Waals surface area (Å²) < 4.78 is 0. The van der Waals surface area contributed by atoms with Gasteiger partial charge in [0.15, 0.2) is 12.2 Å². The summed E-state index contributed by atoms with van der Waals surface area (Å²) in [5, 5.41) is 33.1. The van der Waals surface area contributed by atoms with Gasteiger partial charge in [-0.1, -0.05) is 49.4 Å². The molecule has 2 aromatic carbocycles. The van der Waals surface area contributed by atoms with Crippen molar-refractivity contribution in [1.29, 1.82) is 5.26 Å². The van der Waals surface area contributed by atoms with E-state index in [1.54, 1.807) is 4.90 Å². The fourth-order valence-corrected chi connectivity index (χ4v) is 5.47. The highest BCUT2D eigenvalue weighted by atomic mass is 16.3. The van der Waals surface area contributed by atoms with Crippen LogP contribution in [-0.4, -0.2) is 65.3 Å². The minimum Gasteiger partial charge on any atom is -0.380 e. The van der Waals surface area contributed by atoms with E-state index in [0.29, 0.717) is 25.1 Å². The van der Waals surface area contributed by atoms with Crippen LogP contribution >= 0.6 is 0 Å². The molecule has 2 fully saturated rings. The van der Waals surface area contributed by atoms with Gasteiger partial charge in [-0.3, -0.25) is 9.59 Å². The third kappa shape index (κ3) is 6.12. The molecule has 2 amide bonds. The number of hydrogen-bond donors (Lipinski definition) is 3. The van der Waals surface area contributed by atoms with Gasteiger partial charge < -0.3 is 25.3 Å². The minimum absolute atomic E-state index is 0.00319. The quantitative estimate of drug-likeness (QED) is 0.509. The number of nitrogens with zero attached hydrogens (tertiary/aromatic N) is 3. The van der Waals surface area contributed by atoms with E-state index >= 15 is 0 Å². The maximum absolute atomic E-state index is 13.0. The third-order valence-electron chi connectivity index (χ3n) is 7.90. The first kappa shape index (κ1) is 26.6. The molecule has 0 aliphatic carbocycles. The number of aliphatic hydroxyl groups excluding tert-OH is 2. The number of hydrogen-bond acceptors (Lipinski definition) is 6. The number of benzene rings is 2. The van der Waals surface area contributed by atoms with Gasteiger partial charge in [0.05, 0.1) is 17.3 Å². The zero-order valence-electron chi connectivity index (χ0n) is 21.3. The largest absolute Gasteiger partial charge is 0.380 e. The molecule has 196 valence electrons. The van der Waals surface area contributed by atoms with Crippen molar-refractivity contribution < 1.29 is 19.8 Å². The number of anilines is 1. The van der Waals surface area contributed by atoms with Gasteiger partial charge in [-0.2, -0.15) is 5.26 Å². The molecule has 2 saturated heterocycles. The second-order valence-corrected chi connectivity index (χ2v) is 10.5. The molecule has 0 saturated carbocycles. The molecule has 0 bridgehead atoms. The number of carbonyl (C=O) groups is 2. The van der Waals surface area contributed by atoms with Gasteiger partial charge in [-0.05, 0) is 55.2 Å². The summed E-state index contributed by atoms with van der Waals surface area (Å²) in [7, 11) is 0. The standard InChI is InChI=1S/C29H36N4O4/c1-29(14-18-32(19-15-29)23-11-6-5-10-22(23)20-30)13-16-31-27(36)25(34)26(35)28(37)33-17-7-12-24(33)21-8-3-2-4-9-21/h2-6,8-11,24-26,34-35H,7,12-19H2,1H3,(H,31,36)/t24?,25-,26-/m1/s1. The topological polar surface area (TPSA) is 117 Å². The molecule has 4 rings (SSSR count). The predicted molar refractivity (Wildman–Crippen MR) is 140 cm³/mol. The van der Waals surface area contributed by atoms with Gasteiger partial charge in [0, 0.05) is 26.2 Å². The van der Waals surface area contributed by atoms with E-state index in [2.05, 4.69) is 23.2 Å². The van der Waals surface area contributed by atoms with Crippen LogP contribution < -0.4 is 10.2 Å². The average molecular weight is 505 g/mol. The Balaban J connectivity index is 1.25. The molecule has 3 N–H and O–H groups in total. The summed E-state index contributed by atoms with van der Waals surface area (Å²) in [5.41, 5.74) is 2.61. The van der Waals surface area contributed by atoms with Crippen LogP contribution in [-0.2, 0) is 9.59 Å². The summed E-state index contributed by atoms with van der Waals surface area (Å²) in [5.74, 6) is -1.36. The van der Waals surface area contributed by atoms with E-state index in [-0.39, 0.29) is 11.5 Å². The van der Waals surface area contributed by atoms with Crippen molar-refractivity contribution in [2.24, 2.45) is 5.41 Å². The van der Waals surface area contributed by atoms with E-state index in [1.165, 1.54) is 0 Å². The van der Waals surface area contributed by atoms with Gasteiger partial charge in [0.2, 0.25) is 0 Å².